The molecule has 0 aromatic heterocycles. The molecule has 1 fully saturated rings. The lowest BCUT2D eigenvalue weighted by atomic mass is 9.86. The summed E-state index contributed by atoms with van der Waals surface area (Å²) >= 11 is 0. The third-order valence-corrected chi connectivity index (χ3v) is 4.47. The van der Waals surface area contributed by atoms with E-state index in [0.29, 0.717) is 13.2 Å². The summed E-state index contributed by atoms with van der Waals surface area (Å²) in [5, 5.41) is 3.00. The number of morpholine rings is 1. The molecule has 1 heterocycles. The first-order chi connectivity index (χ1) is 11.2. The molecular formula is C19H28N2O3. The van der Waals surface area contributed by atoms with E-state index in [9.17, 15) is 9.59 Å². The second kappa shape index (κ2) is 7.34. The summed E-state index contributed by atoms with van der Waals surface area (Å²) in [7, 11) is 0. The van der Waals surface area contributed by atoms with Crippen LogP contribution in [0.2, 0.25) is 0 Å². The highest BCUT2D eigenvalue weighted by Crippen LogP contribution is 2.24. The lowest BCUT2D eigenvalue weighted by molar-refractivity contribution is -0.147. The van der Waals surface area contributed by atoms with Crippen molar-refractivity contribution in [2.24, 2.45) is 0 Å². The van der Waals surface area contributed by atoms with E-state index < -0.39 is 6.04 Å². The van der Waals surface area contributed by atoms with Gasteiger partial charge in [0.15, 0.2) is 0 Å². The van der Waals surface area contributed by atoms with Crippen molar-refractivity contribution in [2.75, 3.05) is 19.8 Å². The van der Waals surface area contributed by atoms with Gasteiger partial charge < -0.3 is 15.0 Å². The molecule has 2 amide bonds. The molecule has 2 rings (SSSR count). The normalized spacial score (nSPS) is 19.7. The average molecular weight is 332 g/mol. The van der Waals surface area contributed by atoms with Crippen LogP contribution in [0.25, 0.3) is 0 Å². The van der Waals surface area contributed by atoms with E-state index in [-0.39, 0.29) is 29.9 Å². The van der Waals surface area contributed by atoms with E-state index in [4.69, 9.17) is 4.74 Å². The van der Waals surface area contributed by atoms with Crippen LogP contribution in [-0.2, 0) is 19.7 Å². The number of rotatable bonds is 3. The zero-order valence-corrected chi connectivity index (χ0v) is 15.3. The SMILES string of the molecule is CC(=O)N1CCOC[C@@H]1C(=O)N[C@@H](C)c1ccc(C(C)(C)C)cc1. The molecule has 0 unspecified atom stereocenters. The summed E-state index contributed by atoms with van der Waals surface area (Å²) in [4.78, 5) is 25.8. The average Bonchev–Trinajstić information content (AvgIpc) is 2.54. The maximum atomic E-state index is 12.5. The fourth-order valence-electron chi connectivity index (χ4n) is 2.86. The molecular weight excluding hydrogens is 304 g/mol. The quantitative estimate of drug-likeness (QED) is 0.925. The van der Waals surface area contributed by atoms with Gasteiger partial charge in [0.25, 0.3) is 0 Å². The summed E-state index contributed by atoms with van der Waals surface area (Å²) in [5.74, 6) is -0.266. The summed E-state index contributed by atoms with van der Waals surface area (Å²) in [6.07, 6.45) is 0. The van der Waals surface area contributed by atoms with Crippen LogP contribution in [-0.4, -0.2) is 42.5 Å². The number of nitrogens with zero attached hydrogens (tertiary/aromatic N) is 1. The van der Waals surface area contributed by atoms with E-state index in [2.05, 4.69) is 38.2 Å². The van der Waals surface area contributed by atoms with Crippen molar-refractivity contribution in [1.29, 1.82) is 0 Å². The molecule has 2 atom stereocenters. The van der Waals surface area contributed by atoms with Gasteiger partial charge in [-0.25, -0.2) is 0 Å². The Hall–Kier alpha value is -1.88. The molecule has 0 radical (unpaired) electrons. The minimum Gasteiger partial charge on any atom is -0.377 e. The van der Waals surface area contributed by atoms with Crippen molar-refractivity contribution in [3.63, 3.8) is 0 Å². The first-order valence-electron chi connectivity index (χ1n) is 8.46. The van der Waals surface area contributed by atoms with E-state index in [1.165, 1.54) is 12.5 Å². The van der Waals surface area contributed by atoms with Gasteiger partial charge in [0.1, 0.15) is 6.04 Å². The van der Waals surface area contributed by atoms with Gasteiger partial charge in [0, 0.05) is 13.5 Å². The van der Waals surface area contributed by atoms with E-state index in [0.717, 1.165) is 5.56 Å². The fourth-order valence-corrected chi connectivity index (χ4v) is 2.86. The number of nitrogens with one attached hydrogen (secondary N) is 1. The standard InChI is InChI=1S/C19H28N2O3/c1-13(15-6-8-16(9-7-15)19(3,4)5)20-18(23)17-12-24-11-10-21(17)14(2)22/h6-9,13,17H,10-12H2,1-5H3,(H,20,23)/t13-,17+/m0/s1. The lowest BCUT2D eigenvalue weighted by Gasteiger charge is -2.34. The molecule has 0 aliphatic carbocycles. The Morgan fingerprint density at radius 2 is 1.88 bits per heavy atom. The van der Waals surface area contributed by atoms with Gasteiger partial charge >= 0.3 is 0 Å². The Kier molecular flexibility index (Phi) is 5.65. The summed E-state index contributed by atoms with van der Waals surface area (Å²) in [6.45, 7) is 11.1. The van der Waals surface area contributed by atoms with Crippen LogP contribution in [0.4, 0.5) is 0 Å². The van der Waals surface area contributed by atoms with Gasteiger partial charge in [-0.3, -0.25) is 9.59 Å². The van der Waals surface area contributed by atoms with Crippen LogP contribution >= 0.6 is 0 Å². The molecule has 1 N–H and O–H groups in total. The van der Waals surface area contributed by atoms with Gasteiger partial charge in [0.2, 0.25) is 11.8 Å². The minimum absolute atomic E-state index is 0.0966. The highest BCUT2D eigenvalue weighted by atomic mass is 16.5. The van der Waals surface area contributed by atoms with Gasteiger partial charge in [-0.1, -0.05) is 45.0 Å². The van der Waals surface area contributed by atoms with Crippen molar-refractivity contribution in [1.82, 2.24) is 10.2 Å². The predicted molar refractivity (Wildman–Crippen MR) is 93.7 cm³/mol. The smallest absolute Gasteiger partial charge is 0.245 e. The summed E-state index contributed by atoms with van der Waals surface area (Å²) < 4.78 is 5.37. The molecule has 0 spiro atoms. The third-order valence-electron chi connectivity index (χ3n) is 4.47. The van der Waals surface area contributed by atoms with E-state index in [1.54, 1.807) is 4.90 Å². The van der Waals surface area contributed by atoms with Crippen LogP contribution in [0.1, 0.15) is 51.8 Å². The van der Waals surface area contributed by atoms with Crippen molar-refractivity contribution < 1.29 is 14.3 Å². The van der Waals surface area contributed by atoms with Crippen LogP contribution < -0.4 is 5.32 Å². The van der Waals surface area contributed by atoms with Gasteiger partial charge in [-0.2, -0.15) is 0 Å². The number of hydrogen-bond acceptors (Lipinski definition) is 3. The second-order valence-electron chi connectivity index (χ2n) is 7.41. The van der Waals surface area contributed by atoms with Crippen LogP contribution in [0.3, 0.4) is 0 Å². The number of benzene rings is 1. The van der Waals surface area contributed by atoms with E-state index in [1.807, 2.05) is 19.1 Å². The van der Waals surface area contributed by atoms with Gasteiger partial charge in [0.05, 0.1) is 19.3 Å². The van der Waals surface area contributed by atoms with Crippen molar-refractivity contribution >= 4 is 11.8 Å². The highest BCUT2D eigenvalue weighted by molar-refractivity contribution is 5.87. The molecule has 1 aliphatic rings. The Labute approximate surface area is 144 Å². The zero-order valence-electron chi connectivity index (χ0n) is 15.3. The Balaban J connectivity index is 2.04. The third kappa shape index (κ3) is 4.35. The molecule has 132 valence electrons. The molecule has 0 bridgehead atoms. The molecule has 1 aliphatic heterocycles. The molecule has 1 aromatic rings. The highest BCUT2D eigenvalue weighted by Gasteiger charge is 2.31. The second-order valence-corrected chi connectivity index (χ2v) is 7.41. The van der Waals surface area contributed by atoms with Gasteiger partial charge in [-0.15, -0.1) is 0 Å². The molecule has 5 heteroatoms. The van der Waals surface area contributed by atoms with Crippen LogP contribution in [0, 0.1) is 0 Å². The lowest BCUT2D eigenvalue weighted by Crippen LogP contribution is -2.55. The molecule has 1 aromatic carbocycles. The van der Waals surface area contributed by atoms with E-state index >= 15 is 0 Å². The van der Waals surface area contributed by atoms with Crippen molar-refractivity contribution in [3.05, 3.63) is 35.4 Å². The maximum Gasteiger partial charge on any atom is 0.245 e. The number of carbonyl (C=O) groups excluding carboxylic acids is 2. The first-order valence-corrected chi connectivity index (χ1v) is 8.46. The summed E-state index contributed by atoms with van der Waals surface area (Å²) in [6, 6.07) is 7.62. The maximum absolute atomic E-state index is 12.5. The topological polar surface area (TPSA) is 58.6 Å². The number of hydrogen-bond donors (Lipinski definition) is 1. The molecule has 1 saturated heterocycles. The fraction of sp³-hybridized carbons (Fsp3) is 0.579. The Bertz CT molecular complexity index is 590. The largest absolute Gasteiger partial charge is 0.377 e. The zero-order chi connectivity index (χ0) is 17.9. The molecule has 24 heavy (non-hydrogen) atoms. The summed E-state index contributed by atoms with van der Waals surface area (Å²) in [5.41, 5.74) is 2.41. The van der Waals surface area contributed by atoms with Crippen molar-refractivity contribution in [3.8, 4) is 0 Å². The number of carbonyl (C=O) groups is 2. The van der Waals surface area contributed by atoms with Crippen molar-refractivity contribution in [2.45, 2.75) is 52.1 Å². The van der Waals surface area contributed by atoms with Gasteiger partial charge in [-0.05, 0) is 23.5 Å². The monoisotopic (exact) mass is 332 g/mol. The molecule has 5 nitrogen and oxygen atoms in total. The molecule has 0 saturated carbocycles. The van der Waals surface area contributed by atoms with Crippen LogP contribution in [0.15, 0.2) is 24.3 Å². The number of ether oxygens (including phenoxy) is 1. The minimum atomic E-state index is -0.549. The van der Waals surface area contributed by atoms with Crippen LogP contribution in [0.5, 0.6) is 0 Å². The predicted octanol–water partition coefficient (Wildman–Crippen LogP) is 2.41. The Morgan fingerprint density at radius 3 is 2.42 bits per heavy atom. The Morgan fingerprint density at radius 1 is 1.25 bits per heavy atom. The first kappa shape index (κ1) is 18.5. The number of amides is 2.